The summed E-state index contributed by atoms with van der Waals surface area (Å²) in [6.45, 7) is 7.31. The van der Waals surface area contributed by atoms with Gasteiger partial charge in [-0.2, -0.15) is 13.2 Å². The van der Waals surface area contributed by atoms with Crippen LogP contribution in [0, 0.1) is 11.7 Å². The van der Waals surface area contributed by atoms with Crippen molar-refractivity contribution in [2.45, 2.75) is 82.7 Å². The molecule has 1 unspecified atom stereocenters. The van der Waals surface area contributed by atoms with Crippen molar-refractivity contribution < 1.29 is 41.8 Å². The van der Waals surface area contributed by atoms with E-state index in [1.807, 2.05) is 11.1 Å². The number of likely N-dealkylation sites (tertiary alicyclic amines) is 1. The van der Waals surface area contributed by atoms with Crippen LogP contribution in [0.15, 0.2) is 48.8 Å². The van der Waals surface area contributed by atoms with E-state index in [1.54, 1.807) is 36.6 Å². The Balaban J connectivity index is 0.865. The minimum atomic E-state index is -4.71. The second-order valence-corrected chi connectivity index (χ2v) is 16.3. The van der Waals surface area contributed by atoms with Gasteiger partial charge in [0.15, 0.2) is 0 Å². The third kappa shape index (κ3) is 7.88. The number of nitrogens with zero attached hydrogens (tertiary/aromatic N) is 6. The number of aliphatic hydroxyl groups is 1. The Labute approximate surface area is 331 Å². The Morgan fingerprint density at radius 1 is 0.966 bits per heavy atom. The van der Waals surface area contributed by atoms with Gasteiger partial charge in [0.2, 0.25) is 11.8 Å². The SMILES string of the molecule is CC(C)(O)c1cc2nc(C3CCN(CC4CCN(c5cc6c(cc5F)C(=O)N(C5CCC(=O)NC5=O)C6)CC4)CC3)cn2cc1NC(=O)c1cccc(C(F)(F)F)n1. The first-order valence-electron chi connectivity index (χ1n) is 19.6. The first kappa shape index (κ1) is 39.4. The standard InChI is InChI=1S/C41H44F4N8O5/c1-40(2,58)27-18-35-47-30(21-52(35)22-31(27)48-37(55)29-4-3-5-34(46-29)41(43,44)45)24-10-12-50(13-11-24)19-23-8-14-51(15-9-23)33-16-25-20-53(39(57)26(25)17-28(33)42)32-6-7-36(54)49-38(32)56/h3-5,16-18,21-24,32,58H,6-15,19-20H2,1-2H3,(H,48,55)(H,49,54,56). The van der Waals surface area contributed by atoms with Crippen molar-refractivity contribution in [3.05, 3.63) is 88.4 Å². The van der Waals surface area contributed by atoms with Crippen molar-refractivity contribution in [1.29, 1.82) is 0 Å². The number of alkyl halides is 3. The molecule has 3 aromatic heterocycles. The van der Waals surface area contributed by atoms with Crippen LogP contribution in [0.2, 0.25) is 0 Å². The van der Waals surface area contributed by atoms with Gasteiger partial charge in [0.05, 0.1) is 22.7 Å². The summed E-state index contributed by atoms with van der Waals surface area (Å²) in [6.07, 6.45) is 2.71. The van der Waals surface area contributed by atoms with Crippen molar-refractivity contribution in [3.8, 4) is 0 Å². The number of halogens is 4. The first-order valence-corrected chi connectivity index (χ1v) is 19.6. The van der Waals surface area contributed by atoms with Gasteiger partial charge in [0, 0.05) is 62.0 Å². The van der Waals surface area contributed by atoms with Gasteiger partial charge < -0.3 is 29.5 Å². The van der Waals surface area contributed by atoms with Crippen LogP contribution in [0.25, 0.3) is 5.65 Å². The summed E-state index contributed by atoms with van der Waals surface area (Å²) in [5.41, 5.74) is 0.410. The number of aromatic nitrogens is 3. The molecule has 0 aliphatic carbocycles. The van der Waals surface area contributed by atoms with Crippen LogP contribution in [0.5, 0.6) is 0 Å². The zero-order valence-corrected chi connectivity index (χ0v) is 32.1. The zero-order chi connectivity index (χ0) is 41.1. The van der Waals surface area contributed by atoms with Crippen LogP contribution in [-0.2, 0) is 27.9 Å². The van der Waals surface area contributed by atoms with Gasteiger partial charge in [0.1, 0.15) is 28.9 Å². The number of carbonyl (C=O) groups excluding carboxylic acids is 4. The fourth-order valence-electron chi connectivity index (χ4n) is 8.71. The number of nitrogens with one attached hydrogen (secondary N) is 2. The molecule has 1 aromatic carbocycles. The number of anilines is 2. The fraction of sp³-hybridized carbons (Fsp3) is 0.463. The minimum absolute atomic E-state index is 0.153. The molecule has 0 saturated carbocycles. The lowest BCUT2D eigenvalue weighted by Crippen LogP contribution is -2.52. The average molecular weight is 805 g/mol. The molecular weight excluding hydrogens is 760 g/mol. The second-order valence-electron chi connectivity index (χ2n) is 16.3. The molecule has 3 N–H and O–H groups in total. The molecule has 17 heteroatoms. The van der Waals surface area contributed by atoms with Crippen LogP contribution in [0.1, 0.15) is 102 Å². The molecule has 4 aliphatic heterocycles. The van der Waals surface area contributed by atoms with Crippen molar-refractivity contribution in [2.75, 3.05) is 42.9 Å². The molecule has 0 spiro atoms. The van der Waals surface area contributed by atoms with E-state index >= 15 is 4.39 Å². The van der Waals surface area contributed by atoms with Gasteiger partial charge in [-0.3, -0.25) is 24.5 Å². The summed E-state index contributed by atoms with van der Waals surface area (Å²) in [6, 6.07) is 7.04. The monoisotopic (exact) mass is 804 g/mol. The normalized spacial score (nSPS) is 20.2. The molecule has 8 rings (SSSR count). The molecule has 3 fully saturated rings. The second kappa shape index (κ2) is 15.1. The lowest BCUT2D eigenvalue weighted by Gasteiger charge is -2.38. The maximum absolute atomic E-state index is 15.5. The van der Waals surface area contributed by atoms with Gasteiger partial charge >= 0.3 is 6.18 Å². The maximum Gasteiger partial charge on any atom is 0.433 e. The highest BCUT2D eigenvalue weighted by Gasteiger charge is 2.40. The molecule has 0 radical (unpaired) electrons. The molecule has 4 amide bonds. The molecule has 13 nitrogen and oxygen atoms in total. The van der Waals surface area contributed by atoms with Crippen LogP contribution >= 0.6 is 0 Å². The Morgan fingerprint density at radius 3 is 2.40 bits per heavy atom. The van der Waals surface area contributed by atoms with E-state index in [4.69, 9.17) is 4.98 Å². The zero-order valence-electron chi connectivity index (χ0n) is 32.1. The van der Waals surface area contributed by atoms with Crippen LogP contribution in [-0.4, -0.2) is 91.7 Å². The summed E-state index contributed by atoms with van der Waals surface area (Å²) >= 11 is 0. The molecule has 0 bridgehead atoms. The van der Waals surface area contributed by atoms with Crippen molar-refractivity contribution in [1.82, 2.24) is 29.5 Å². The summed E-state index contributed by atoms with van der Waals surface area (Å²) in [5.74, 6) is -1.95. The quantitative estimate of drug-likeness (QED) is 0.161. The number of hydrogen-bond donors (Lipinski definition) is 3. The Morgan fingerprint density at radius 2 is 1.71 bits per heavy atom. The van der Waals surface area contributed by atoms with Gasteiger partial charge in [0.25, 0.3) is 11.8 Å². The minimum Gasteiger partial charge on any atom is -0.386 e. The number of imidazole rings is 1. The molecule has 58 heavy (non-hydrogen) atoms. The molecule has 3 saturated heterocycles. The third-order valence-electron chi connectivity index (χ3n) is 11.9. The van der Waals surface area contributed by atoms with E-state index in [0.717, 1.165) is 63.1 Å². The van der Waals surface area contributed by atoms with Crippen LogP contribution in [0.4, 0.5) is 28.9 Å². The first-order chi connectivity index (χ1) is 27.5. The van der Waals surface area contributed by atoms with Crippen molar-refractivity contribution >= 4 is 40.7 Å². The summed E-state index contributed by atoms with van der Waals surface area (Å²) in [7, 11) is 0. The molecule has 1 atom stereocenters. The Bertz CT molecular complexity index is 2290. The predicted octanol–water partition coefficient (Wildman–Crippen LogP) is 5.22. The largest absolute Gasteiger partial charge is 0.433 e. The number of piperidine rings is 3. The summed E-state index contributed by atoms with van der Waals surface area (Å²) in [4.78, 5) is 64.5. The van der Waals surface area contributed by atoms with Crippen molar-refractivity contribution in [2.24, 2.45) is 5.92 Å². The Kier molecular flexibility index (Phi) is 10.2. The number of imide groups is 1. The molecule has 306 valence electrons. The van der Waals surface area contributed by atoms with Gasteiger partial charge in [-0.15, -0.1) is 0 Å². The smallest absolute Gasteiger partial charge is 0.386 e. The Hall–Kier alpha value is -5.42. The van der Waals surface area contributed by atoms with E-state index in [1.165, 1.54) is 17.0 Å². The maximum atomic E-state index is 15.5. The number of carbonyl (C=O) groups is 4. The number of hydrogen-bond acceptors (Lipinski definition) is 9. The van der Waals surface area contributed by atoms with E-state index in [9.17, 15) is 37.5 Å². The number of amides is 4. The highest BCUT2D eigenvalue weighted by Crippen LogP contribution is 2.36. The van der Waals surface area contributed by atoms with Crippen molar-refractivity contribution in [3.63, 3.8) is 0 Å². The molecule has 4 aliphatic rings. The van der Waals surface area contributed by atoms with E-state index in [2.05, 4.69) is 20.5 Å². The highest BCUT2D eigenvalue weighted by molar-refractivity contribution is 6.06. The van der Waals surface area contributed by atoms with Gasteiger partial charge in [-0.05, 0) is 101 Å². The number of pyridine rings is 2. The molecule has 7 heterocycles. The van der Waals surface area contributed by atoms with Gasteiger partial charge in [-0.25, -0.2) is 14.4 Å². The summed E-state index contributed by atoms with van der Waals surface area (Å²) in [5, 5.41) is 15.9. The van der Waals surface area contributed by atoms with E-state index in [-0.39, 0.29) is 42.5 Å². The third-order valence-corrected chi connectivity index (χ3v) is 11.9. The fourth-order valence-corrected chi connectivity index (χ4v) is 8.71. The number of fused-ring (bicyclic) bond motifs is 2. The lowest BCUT2D eigenvalue weighted by atomic mass is 9.91. The topological polar surface area (TPSA) is 152 Å². The van der Waals surface area contributed by atoms with Crippen LogP contribution < -0.4 is 15.5 Å². The predicted molar refractivity (Wildman–Crippen MR) is 203 cm³/mol. The highest BCUT2D eigenvalue weighted by atomic mass is 19.4. The average Bonchev–Trinajstić information content (AvgIpc) is 3.74. The van der Waals surface area contributed by atoms with Crippen LogP contribution in [0.3, 0.4) is 0 Å². The number of benzene rings is 1. The molecule has 4 aromatic rings. The van der Waals surface area contributed by atoms with E-state index in [0.29, 0.717) is 41.5 Å². The number of rotatable bonds is 8. The lowest BCUT2D eigenvalue weighted by molar-refractivity contribution is -0.141. The molecular formula is C41H44F4N8O5. The van der Waals surface area contributed by atoms with Gasteiger partial charge in [-0.1, -0.05) is 6.07 Å². The van der Waals surface area contributed by atoms with E-state index < -0.39 is 52.7 Å². The summed E-state index contributed by atoms with van der Waals surface area (Å²) < 4.78 is 56.9.